The Morgan fingerprint density at radius 2 is 2.08 bits per heavy atom. The molecule has 0 saturated carbocycles. The Balaban J connectivity index is 2.17. The van der Waals surface area contributed by atoms with Crippen molar-refractivity contribution in [2.45, 2.75) is 19.5 Å². The molecule has 0 fully saturated rings. The molecule has 1 aromatic carbocycles. The lowest BCUT2D eigenvalue weighted by Crippen LogP contribution is -2.42. The summed E-state index contributed by atoms with van der Waals surface area (Å²) in [6, 6.07) is 8.04. The van der Waals surface area contributed by atoms with E-state index in [0.29, 0.717) is 24.5 Å². The molecule has 132 valence electrons. The molecular weight excluding hydrogens is 384 g/mol. The van der Waals surface area contributed by atoms with Crippen molar-refractivity contribution in [3.8, 4) is 0 Å². The first-order chi connectivity index (χ1) is 12.1. The van der Waals surface area contributed by atoms with Gasteiger partial charge in [0, 0.05) is 18.7 Å². The van der Waals surface area contributed by atoms with Gasteiger partial charge in [0.25, 0.3) is 0 Å². The van der Waals surface area contributed by atoms with Gasteiger partial charge in [-0.25, -0.2) is 9.98 Å². The van der Waals surface area contributed by atoms with E-state index in [1.807, 2.05) is 36.1 Å². The first kappa shape index (κ1) is 17.8. The van der Waals surface area contributed by atoms with Gasteiger partial charge >= 0.3 is 0 Å². The maximum absolute atomic E-state index is 12.7. The van der Waals surface area contributed by atoms with Crippen molar-refractivity contribution in [2.24, 2.45) is 21.6 Å². The molecule has 0 radical (unpaired) electrons. The number of amidine groups is 1. The zero-order chi connectivity index (χ0) is 18.0. The SMILES string of the molecule is Cc1ccc(C2=C(C(=O)CBr)N(CCCO)C3N=CN=C(N)C23)cc1. The van der Waals surface area contributed by atoms with Gasteiger partial charge in [-0.3, -0.25) is 4.79 Å². The lowest BCUT2D eigenvalue weighted by Gasteiger charge is -2.29. The molecule has 0 bridgehead atoms. The van der Waals surface area contributed by atoms with E-state index in [0.717, 1.165) is 16.7 Å². The number of carbonyl (C=O) groups excluding carboxylic acids is 1. The second kappa shape index (κ2) is 7.49. The van der Waals surface area contributed by atoms with E-state index >= 15 is 0 Å². The molecule has 0 saturated heterocycles. The third kappa shape index (κ3) is 3.26. The molecule has 0 aliphatic carbocycles. The van der Waals surface area contributed by atoms with Gasteiger partial charge in [-0.1, -0.05) is 45.8 Å². The fourth-order valence-corrected chi connectivity index (χ4v) is 3.65. The molecule has 3 N–H and O–H groups in total. The van der Waals surface area contributed by atoms with E-state index in [9.17, 15) is 9.90 Å². The number of aliphatic hydroxyl groups excluding tert-OH is 1. The Morgan fingerprint density at radius 3 is 2.72 bits per heavy atom. The summed E-state index contributed by atoms with van der Waals surface area (Å²) in [6.45, 7) is 2.61. The summed E-state index contributed by atoms with van der Waals surface area (Å²) >= 11 is 3.29. The molecule has 2 unspecified atom stereocenters. The Bertz CT molecular complexity index is 755. The van der Waals surface area contributed by atoms with Gasteiger partial charge in [0.05, 0.1) is 16.9 Å². The largest absolute Gasteiger partial charge is 0.396 e. The van der Waals surface area contributed by atoms with Crippen LogP contribution in [0.1, 0.15) is 17.5 Å². The maximum Gasteiger partial charge on any atom is 0.189 e. The number of nitrogens with zero attached hydrogens (tertiary/aromatic N) is 3. The fraction of sp³-hybridized carbons (Fsp3) is 0.389. The molecule has 0 spiro atoms. The van der Waals surface area contributed by atoms with Gasteiger partial charge < -0.3 is 15.7 Å². The number of nitrogens with two attached hydrogens (primary N) is 1. The van der Waals surface area contributed by atoms with Crippen molar-refractivity contribution in [2.75, 3.05) is 18.5 Å². The Morgan fingerprint density at radius 1 is 1.36 bits per heavy atom. The van der Waals surface area contributed by atoms with Gasteiger partial charge in [0.2, 0.25) is 0 Å². The van der Waals surface area contributed by atoms with E-state index in [-0.39, 0.29) is 29.8 Å². The summed E-state index contributed by atoms with van der Waals surface area (Å²) in [7, 11) is 0. The second-order valence-corrected chi connectivity index (χ2v) is 6.73. The molecule has 7 heteroatoms. The predicted molar refractivity (Wildman–Crippen MR) is 103 cm³/mol. The third-order valence-corrected chi connectivity index (χ3v) is 5.03. The van der Waals surface area contributed by atoms with Gasteiger partial charge in [0.15, 0.2) is 5.78 Å². The lowest BCUT2D eigenvalue weighted by molar-refractivity contribution is -0.114. The quantitative estimate of drug-likeness (QED) is 0.705. The van der Waals surface area contributed by atoms with E-state index < -0.39 is 0 Å². The number of rotatable bonds is 6. The highest BCUT2D eigenvalue weighted by Crippen LogP contribution is 2.42. The molecule has 0 amide bonds. The number of halogens is 1. The first-order valence-electron chi connectivity index (χ1n) is 8.21. The van der Waals surface area contributed by atoms with E-state index in [1.165, 1.54) is 6.34 Å². The van der Waals surface area contributed by atoms with Crippen molar-refractivity contribution < 1.29 is 9.90 Å². The Labute approximate surface area is 155 Å². The monoisotopic (exact) mass is 404 g/mol. The number of fused-ring (bicyclic) bond motifs is 1. The third-order valence-electron chi connectivity index (χ3n) is 4.52. The lowest BCUT2D eigenvalue weighted by atomic mass is 9.89. The minimum atomic E-state index is -0.293. The number of alkyl halides is 1. The number of aliphatic imine (C=N–C) groups is 2. The number of aliphatic hydroxyl groups is 1. The normalized spacial score (nSPS) is 22.2. The minimum absolute atomic E-state index is 0.0223. The van der Waals surface area contributed by atoms with Crippen LogP contribution in [-0.2, 0) is 4.79 Å². The van der Waals surface area contributed by atoms with Crippen LogP contribution in [0.5, 0.6) is 0 Å². The Hall–Kier alpha value is -1.99. The van der Waals surface area contributed by atoms with Crippen LogP contribution >= 0.6 is 15.9 Å². The van der Waals surface area contributed by atoms with Crippen LogP contribution < -0.4 is 5.73 Å². The molecule has 1 aromatic rings. The molecule has 2 aliphatic heterocycles. The van der Waals surface area contributed by atoms with Crippen LogP contribution in [0, 0.1) is 12.8 Å². The van der Waals surface area contributed by atoms with Crippen LogP contribution in [0.15, 0.2) is 39.9 Å². The van der Waals surface area contributed by atoms with Crippen LogP contribution in [0.4, 0.5) is 0 Å². The summed E-state index contributed by atoms with van der Waals surface area (Å²) in [5.74, 6) is 0.178. The van der Waals surface area contributed by atoms with Gasteiger partial charge in [0.1, 0.15) is 18.3 Å². The molecule has 25 heavy (non-hydrogen) atoms. The summed E-state index contributed by atoms with van der Waals surface area (Å²) in [5, 5.41) is 9.46. The number of Topliss-reactive ketones (excluding diaryl/α,β-unsaturated/α-hetero) is 1. The molecule has 2 heterocycles. The highest BCUT2D eigenvalue weighted by Gasteiger charge is 2.45. The first-order valence-corrected chi connectivity index (χ1v) is 9.33. The highest BCUT2D eigenvalue weighted by molar-refractivity contribution is 9.09. The standard InChI is InChI=1S/C18H21BrN4O2/c1-11-3-5-12(6-4-11)14-15-17(20)21-10-22-18(15)23(7-2-8-24)16(14)13(25)9-19/h3-6,10,15,18,24H,2,7-9H2,1H3,(H2,20,21,22). The predicted octanol–water partition coefficient (Wildman–Crippen LogP) is 1.71. The average molecular weight is 405 g/mol. The van der Waals surface area contributed by atoms with Crippen molar-refractivity contribution in [1.82, 2.24) is 4.90 Å². The van der Waals surface area contributed by atoms with Crippen LogP contribution in [0.2, 0.25) is 0 Å². The van der Waals surface area contributed by atoms with Crippen LogP contribution in [0.25, 0.3) is 5.57 Å². The van der Waals surface area contributed by atoms with Crippen LogP contribution in [0.3, 0.4) is 0 Å². The highest BCUT2D eigenvalue weighted by atomic mass is 79.9. The van der Waals surface area contributed by atoms with Gasteiger partial charge in [-0.2, -0.15) is 0 Å². The Kier molecular flexibility index (Phi) is 5.34. The summed E-state index contributed by atoms with van der Waals surface area (Å²) < 4.78 is 0. The fourth-order valence-electron chi connectivity index (χ4n) is 3.39. The molecule has 2 aliphatic rings. The van der Waals surface area contributed by atoms with Gasteiger partial charge in [-0.05, 0) is 18.9 Å². The molecule has 2 atom stereocenters. The van der Waals surface area contributed by atoms with Crippen molar-refractivity contribution in [3.05, 3.63) is 41.1 Å². The number of hydrogen-bond donors (Lipinski definition) is 2. The molecule has 6 nitrogen and oxygen atoms in total. The minimum Gasteiger partial charge on any atom is -0.396 e. The summed E-state index contributed by atoms with van der Waals surface area (Å²) in [6.07, 6.45) is 1.71. The van der Waals surface area contributed by atoms with E-state index in [4.69, 9.17) is 5.73 Å². The summed E-state index contributed by atoms with van der Waals surface area (Å²) in [4.78, 5) is 23.4. The number of aryl methyl sites for hydroxylation is 1. The summed E-state index contributed by atoms with van der Waals surface area (Å²) in [5.41, 5.74) is 9.77. The van der Waals surface area contributed by atoms with E-state index in [2.05, 4.69) is 25.9 Å². The van der Waals surface area contributed by atoms with Crippen molar-refractivity contribution >= 4 is 39.5 Å². The molecular formula is C18H21BrN4O2. The second-order valence-electron chi connectivity index (χ2n) is 6.17. The van der Waals surface area contributed by atoms with E-state index in [1.54, 1.807) is 0 Å². The number of benzene rings is 1. The zero-order valence-electron chi connectivity index (χ0n) is 14.0. The van der Waals surface area contributed by atoms with Crippen molar-refractivity contribution in [1.29, 1.82) is 0 Å². The maximum atomic E-state index is 12.7. The number of carbonyl (C=O) groups is 1. The van der Waals surface area contributed by atoms with Crippen molar-refractivity contribution in [3.63, 3.8) is 0 Å². The number of ketones is 1. The van der Waals surface area contributed by atoms with Gasteiger partial charge in [-0.15, -0.1) is 0 Å². The number of hydrogen-bond acceptors (Lipinski definition) is 6. The topological polar surface area (TPSA) is 91.3 Å². The zero-order valence-corrected chi connectivity index (χ0v) is 15.6. The smallest absolute Gasteiger partial charge is 0.189 e. The molecule has 0 aromatic heterocycles. The molecule has 3 rings (SSSR count). The van der Waals surface area contributed by atoms with Crippen LogP contribution in [-0.4, -0.2) is 52.6 Å². The number of allylic oxidation sites excluding steroid dienone is 1. The average Bonchev–Trinajstić information content (AvgIpc) is 2.95.